The van der Waals surface area contributed by atoms with E-state index in [9.17, 15) is 8.78 Å². The van der Waals surface area contributed by atoms with Gasteiger partial charge in [-0.1, -0.05) is 24.3 Å². The molecule has 0 bridgehead atoms. The maximum Gasteiger partial charge on any atom is 0.131 e. The summed E-state index contributed by atoms with van der Waals surface area (Å²) in [4.78, 5) is 0. The standard InChI is InChI=1S/C14H13F2N/c1-9(17)11-7-6-10(15)8-13(11)12-4-2-3-5-14(12)16/h2-9H,17H2,1H3. The summed E-state index contributed by atoms with van der Waals surface area (Å²) in [5.41, 5.74) is 7.43. The average Bonchev–Trinajstić information content (AvgIpc) is 2.29. The van der Waals surface area contributed by atoms with Crippen molar-refractivity contribution in [2.45, 2.75) is 13.0 Å². The van der Waals surface area contributed by atoms with E-state index in [4.69, 9.17) is 5.73 Å². The molecule has 0 aliphatic rings. The van der Waals surface area contributed by atoms with Crippen molar-refractivity contribution in [1.82, 2.24) is 0 Å². The molecule has 2 aromatic carbocycles. The van der Waals surface area contributed by atoms with Gasteiger partial charge in [-0.2, -0.15) is 0 Å². The Bertz CT molecular complexity index is 535. The highest BCUT2D eigenvalue weighted by Gasteiger charge is 2.12. The SMILES string of the molecule is CC(N)c1ccc(F)cc1-c1ccccc1F. The van der Waals surface area contributed by atoms with Crippen molar-refractivity contribution in [1.29, 1.82) is 0 Å². The van der Waals surface area contributed by atoms with Gasteiger partial charge in [0.05, 0.1) is 0 Å². The fourth-order valence-corrected chi connectivity index (χ4v) is 1.84. The van der Waals surface area contributed by atoms with Crippen LogP contribution in [0.4, 0.5) is 8.78 Å². The lowest BCUT2D eigenvalue weighted by molar-refractivity contribution is 0.622. The summed E-state index contributed by atoms with van der Waals surface area (Å²) < 4.78 is 27.0. The number of benzene rings is 2. The molecule has 17 heavy (non-hydrogen) atoms. The van der Waals surface area contributed by atoms with Gasteiger partial charge in [0.1, 0.15) is 11.6 Å². The van der Waals surface area contributed by atoms with E-state index < -0.39 is 5.82 Å². The van der Waals surface area contributed by atoms with Crippen molar-refractivity contribution in [3.63, 3.8) is 0 Å². The number of hydrogen-bond acceptors (Lipinski definition) is 1. The summed E-state index contributed by atoms with van der Waals surface area (Å²) in [5.74, 6) is -0.771. The molecular weight excluding hydrogens is 220 g/mol. The predicted octanol–water partition coefficient (Wildman–Crippen LogP) is 3.65. The van der Waals surface area contributed by atoms with Gasteiger partial charge in [0.15, 0.2) is 0 Å². The third-order valence-electron chi connectivity index (χ3n) is 2.67. The zero-order valence-electron chi connectivity index (χ0n) is 9.45. The van der Waals surface area contributed by atoms with E-state index in [0.717, 1.165) is 5.56 Å². The van der Waals surface area contributed by atoms with Crippen LogP contribution in [-0.2, 0) is 0 Å². The lowest BCUT2D eigenvalue weighted by atomic mass is 9.95. The molecular formula is C14H13F2N. The maximum atomic E-state index is 13.7. The molecule has 3 heteroatoms. The molecule has 0 heterocycles. The monoisotopic (exact) mass is 233 g/mol. The highest BCUT2D eigenvalue weighted by Crippen LogP contribution is 2.29. The Morgan fingerprint density at radius 3 is 2.35 bits per heavy atom. The first-order valence-corrected chi connectivity index (χ1v) is 5.39. The number of nitrogens with two attached hydrogens (primary N) is 1. The fourth-order valence-electron chi connectivity index (χ4n) is 1.84. The number of halogens is 2. The summed E-state index contributed by atoms with van der Waals surface area (Å²) in [6, 6.07) is 10.3. The molecule has 2 rings (SSSR count). The maximum absolute atomic E-state index is 13.7. The molecule has 88 valence electrons. The van der Waals surface area contributed by atoms with Crippen LogP contribution in [0.15, 0.2) is 42.5 Å². The molecule has 2 N–H and O–H groups in total. The van der Waals surface area contributed by atoms with E-state index in [2.05, 4.69) is 0 Å². The zero-order valence-corrected chi connectivity index (χ0v) is 9.45. The molecule has 0 radical (unpaired) electrons. The molecule has 0 aromatic heterocycles. The second-order valence-electron chi connectivity index (χ2n) is 4.00. The quantitative estimate of drug-likeness (QED) is 0.841. The van der Waals surface area contributed by atoms with Crippen LogP contribution in [0.5, 0.6) is 0 Å². The van der Waals surface area contributed by atoms with Gasteiger partial charge in [-0.15, -0.1) is 0 Å². The minimum absolute atomic E-state index is 0.273. The summed E-state index contributed by atoms with van der Waals surface area (Å²) in [5, 5.41) is 0. The predicted molar refractivity (Wildman–Crippen MR) is 64.4 cm³/mol. The minimum Gasteiger partial charge on any atom is -0.324 e. The Morgan fingerprint density at radius 2 is 1.71 bits per heavy atom. The first-order valence-electron chi connectivity index (χ1n) is 5.39. The van der Waals surface area contributed by atoms with Crippen molar-refractivity contribution < 1.29 is 8.78 Å². The molecule has 0 saturated carbocycles. The minimum atomic E-state index is -0.396. The van der Waals surface area contributed by atoms with Crippen LogP contribution >= 0.6 is 0 Å². The lowest BCUT2D eigenvalue weighted by Gasteiger charge is -2.13. The summed E-state index contributed by atoms with van der Waals surface area (Å²) in [6.45, 7) is 1.79. The second-order valence-corrected chi connectivity index (χ2v) is 4.00. The van der Waals surface area contributed by atoms with Crippen molar-refractivity contribution in [3.8, 4) is 11.1 Å². The van der Waals surface area contributed by atoms with Crippen LogP contribution in [-0.4, -0.2) is 0 Å². The Kier molecular flexibility index (Phi) is 3.20. The van der Waals surface area contributed by atoms with Crippen LogP contribution in [0.2, 0.25) is 0 Å². The number of rotatable bonds is 2. The van der Waals surface area contributed by atoms with E-state index >= 15 is 0 Å². The first-order chi connectivity index (χ1) is 8.09. The molecule has 0 aliphatic heterocycles. The highest BCUT2D eigenvalue weighted by atomic mass is 19.1. The van der Waals surface area contributed by atoms with Gasteiger partial charge < -0.3 is 5.73 Å². The normalized spacial score (nSPS) is 12.5. The van der Waals surface area contributed by atoms with Crippen LogP contribution in [0, 0.1) is 11.6 Å². The van der Waals surface area contributed by atoms with E-state index in [1.54, 1.807) is 31.2 Å². The van der Waals surface area contributed by atoms with Crippen molar-refractivity contribution in [2.75, 3.05) is 0 Å². The van der Waals surface area contributed by atoms with Gasteiger partial charge in [0, 0.05) is 11.6 Å². The summed E-state index contributed by atoms with van der Waals surface area (Å²) >= 11 is 0. The third kappa shape index (κ3) is 2.34. The first kappa shape index (κ1) is 11.7. The van der Waals surface area contributed by atoms with Crippen molar-refractivity contribution in [3.05, 3.63) is 59.7 Å². The third-order valence-corrected chi connectivity index (χ3v) is 2.67. The van der Waals surface area contributed by atoms with Gasteiger partial charge in [0.25, 0.3) is 0 Å². The van der Waals surface area contributed by atoms with Crippen LogP contribution in [0.25, 0.3) is 11.1 Å². The summed E-state index contributed by atoms with van der Waals surface area (Å²) in [7, 11) is 0. The molecule has 1 nitrogen and oxygen atoms in total. The van der Waals surface area contributed by atoms with Crippen molar-refractivity contribution >= 4 is 0 Å². The average molecular weight is 233 g/mol. The molecule has 0 amide bonds. The number of hydrogen-bond donors (Lipinski definition) is 1. The lowest BCUT2D eigenvalue weighted by Crippen LogP contribution is -2.07. The summed E-state index contributed by atoms with van der Waals surface area (Å²) in [6.07, 6.45) is 0. The highest BCUT2D eigenvalue weighted by molar-refractivity contribution is 5.68. The van der Waals surface area contributed by atoms with Gasteiger partial charge >= 0.3 is 0 Å². The Labute approximate surface area is 98.9 Å². The molecule has 0 spiro atoms. The van der Waals surface area contributed by atoms with Gasteiger partial charge in [-0.05, 0) is 36.2 Å². The van der Waals surface area contributed by atoms with Gasteiger partial charge in [-0.25, -0.2) is 8.78 Å². The zero-order chi connectivity index (χ0) is 12.4. The smallest absolute Gasteiger partial charge is 0.131 e. The van der Waals surface area contributed by atoms with E-state index in [1.807, 2.05) is 0 Å². The Morgan fingerprint density at radius 1 is 1.00 bits per heavy atom. The molecule has 2 aromatic rings. The van der Waals surface area contributed by atoms with Crippen LogP contribution in [0.3, 0.4) is 0 Å². The van der Waals surface area contributed by atoms with E-state index in [0.29, 0.717) is 11.1 Å². The Hall–Kier alpha value is -1.74. The van der Waals surface area contributed by atoms with Gasteiger partial charge in [0.2, 0.25) is 0 Å². The van der Waals surface area contributed by atoms with E-state index in [1.165, 1.54) is 18.2 Å². The molecule has 0 saturated heterocycles. The molecule has 1 unspecified atom stereocenters. The van der Waals surface area contributed by atoms with Crippen molar-refractivity contribution in [2.24, 2.45) is 5.73 Å². The Balaban J connectivity index is 2.65. The van der Waals surface area contributed by atoms with Crippen LogP contribution in [0.1, 0.15) is 18.5 Å². The molecule has 1 atom stereocenters. The van der Waals surface area contributed by atoms with Crippen LogP contribution < -0.4 is 5.73 Å². The second kappa shape index (κ2) is 4.63. The topological polar surface area (TPSA) is 26.0 Å². The largest absolute Gasteiger partial charge is 0.324 e. The molecule has 0 aliphatic carbocycles. The van der Waals surface area contributed by atoms with Gasteiger partial charge in [-0.3, -0.25) is 0 Å². The van der Waals surface area contributed by atoms with E-state index in [-0.39, 0.29) is 11.9 Å². The molecule has 0 fully saturated rings. The fraction of sp³-hybridized carbons (Fsp3) is 0.143.